The minimum Gasteiger partial charge on any atom is -0.460 e. The number of hydrogen-bond acceptors (Lipinski definition) is 4. The van der Waals surface area contributed by atoms with Crippen molar-refractivity contribution in [3.63, 3.8) is 0 Å². The van der Waals surface area contributed by atoms with Crippen LogP contribution in [0.3, 0.4) is 0 Å². The summed E-state index contributed by atoms with van der Waals surface area (Å²) in [5.41, 5.74) is 0. The fourth-order valence-corrected chi connectivity index (χ4v) is 2.00. The molecule has 1 aliphatic carbocycles. The van der Waals surface area contributed by atoms with Crippen molar-refractivity contribution in [2.45, 2.75) is 57.8 Å². The van der Waals surface area contributed by atoms with Crippen LogP contribution >= 0.6 is 0 Å². The van der Waals surface area contributed by atoms with Crippen LogP contribution in [0, 0.1) is 0 Å². The molecule has 0 heterocycles. The van der Waals surface area contributed by atoms with Crippen LogP contribution in [-0.4, -0.2) is 38.0 Å². The number of esters is 1. The summed E-state index contributed by atoms with van der Waals surface area (Å²) in [7, 11) is 1.71. The summed E-state index contributed by atoms with van der Waals surface area (Å²) in [5, 5.41) is 0. The van der Waals surface area contributed by atoms with Crippen LogP contribution in [0.15, 0.2) is 0 Å². The maximum atomic E-state index is 11.6. The lowest BCUT2D eigenvalue weighted by atomic mass is 9.95. The van der Waals surface area contributed by atoms with Crippen molar-refractivity contribution < 1.29 is 19.0 Å². The number of carbonyl (C=O) groups is 1. The Balaban J connectivity index is 2.32. The zero-order chi connectivity index (χ0) is 12.0. The molecular formula is C12H22O4. The number of carbonyl (C=O) groups excluding carboxylic acids is 1. The summed E-state index contributed by atoms with van der Waals surface area (Å²) in [6.45, 7) is 4.12. The third-order valence-electron chi connectivity index (χ3n) is 2.94. The highest BCUT2D eigenvalue weighted by Gasteiger charge is 2.26. The van der Waals surface area contributed by atoms with E-state index in [1.165, 1.54) is 0 Å². The van der Waals surface area contributed by atoms with Crippen LogP contribution in [0.4, 0.5) is 0 Å². The van der Waals surface area contributed by atoms with Gasteiger partial charge < -0.3 is 14.2 Å². The van der Waals surface area contributed by atoms with Crippen LogP contribution in [0.2, 0.25) is 0 Å². The first-order valence-electron chi connectivity index (χ1n) is 6.02. The molecule has 4 nitrogen and oxygen atoms in total. The molecule has 0 unspecified atom stereocenters. The smallest absolute Gasteiger partial charge is 0.335 e. The Morgan fingerprint density at radius 1 is 1.38 bits per heavy atom. The molecule has 3 atom stereocenters. The molecule has 1 rings (SSSR count). The molecule has 0 saturated heterocycles. The van der Waals surface area contributed by atoms with Crippen molar-refractivity contribution in [3.05, 3.63) is 0 Å². The van der Waals surface area contributed by atoms with Gasteiger partial charge in [0.25, 0.3) is 0 Å². The van der Waals surface area contributed by atoms with E-state index in [4.69, 9.17) is 14.2 Å². The van der Waals surface area contributed by atoms with Crippen molar-refractivity contribution in [1.82, 2.24) is 0 Å². The molecule has 0 aromatic heterocycles. The molecule has 1 aliphatic rings. The van der Waals surface area contributed by atoms with E-state index >= 15 is 0 Å². The van der Waals surface area contributed by atoms with Gasteiger partial charge in [-0.25, -0.2) is 4.79 Å². The predicted octanol–water partition coefficient (Wildman–Crippen LogP) is 1.91. The Hall–Kier alpha value is -0.610. The minimum absolute atomic E-state index is 0.00546. The van der Waals surface area contributed by atoms with Crippen LogP contribution in [0.1, 0.15) is 39.5 Å². The van der Waals surface area contributed by atoms with Gasteiger partial charge in [0.1, 0.15) is 6.10 Å². The van der Waals surface area contributed by atoms with Gasteiger partial charge in [-0.15, -0.1) is 0 Å². The lowest BCUT2D eigenvalue weighted by molar-refractivity contribution is -0.164. The molecule has 0 aliphatic heterocycles. The zero-order valence-electron chi connectivity index (χ0n) is 10.4. The molecule has 1 saturated carbocycles. The Bertz CT molecular complexity index is 217. The molecule has 0 N–H and O–H groups in total. The van der Waals surface area contributed by atoms with E-state index < -0.39 is 6.10 Å². The van der Waals surface area contributed by atoms with Crippen molar-refractivity contribution in [2.75, 3.05) is 13.7 Å². The van der Waals surface area contributed by atoms with Crippen LogP contribution in [0.5, 0.6) is 0 Å². The van der Waals surface area contributed by atoms with E-state index in [0.29, 0.717) is 6.61 Å². The van der Waals surface area contributed by atoms with Crippen LogP contribution in [-0.2, 0) is 19.0 Å². The summed E-state index contributed by atoms with van der Waals surface area (Å²) in [4.78, 5) is 11.6. The molecule has 0 spiro atoms. The highest BCUT2D eigenvalue weighted by Crippen LogP contribution is 2.23. The molecular weight excluding hydrogens is 208 g/mol. The molecule has 0 aromatic rings. The van der Waals surface area contributed by atoms with Crippen molar-refractivity contribution in [3.8, 4) is 0 Å². The summed E-state index contributed by atoms with van der Waals surface area (Å²) in [6.07, 6.45) is 3.62. The predicted molar refractivity (Wildman–Crippen MR) is 60.2 cm³/mol. The van der Waals surface area contributed by atoms with Gasteiger partial charge >= 0.3 is 5.97 Å². The normalized spacial score (nSPS) is 27.4. The van der Waals surface area contributed by atoms with Gasteiger partial charge in [-0.1, -0.05) is 0 Å². The molecule has 0 aromatic carbocycles. The zero-order valence-corrected chi connectivity index (χ0v) is 10.4. The van der Waals surface area contributed by atoms with Gasteiger partial charge in [-0.3, -0.25) is 0 Å². The number of ether oxygens (including phenoxy) is 3. The first-order valence-corrected chi connectivity index (χ1v) is 6.02. The molecule has 16 heavy (non-hydrogen) atoms. The van der Waals surface area contributed by atoms with E-state index in [1.54, 1.807) is 14.0 Å². The monoisotopic (exact) mass is 230 g/mol. The quantitative estimate of drug-likeness (QED) is 0.677. The van der Waals surface area contributed by atoms with E-state index in [1.807, 2.05) is 6.92 Å². The fraction of sp³-hybridized carbons (Fsp3) is 0.917. The van der Waals surface area contributed by atoms with Crippen LogP contribution < -0.4 is 0 Å². The summed E-state index contributed by atoms with van der Waals surface area (Å²) < 4.78 is 15.9. The van der Waals surface area contributed by atoms with Gasteiger partial charge in [-0.05, 0) is 33.1 Å². The van der Waals surface area contributed by atoms with Gasteiger partial charge in [-0.2, -0.15) is 0 Å². The Morgan fingerprint density at radius 3 is 2.69 bits per heavy atom. The lowest BCUT2D eigenvalue weighted by Crippen LogP contribution is -2.33. The molecule has 0 bridgehead atoms. The Morgan fingerprint density at radius 2 is 2.06 bits per heavy atom. The third kappa shape index (κ3) is 4.10. The largest absolute Gasteiger partial charge is 0.460 e. The number of methoxy groups -OCH3 is 1. The molecule has 4 heteroatoms. The average Bonchev–Trinajstić information content (AvgIpc) is 2.29. The van der Waals surface area contributed by atoms with E-state index in [0.717, 1.165) is 25.7 Å². The Kier molecular flexibility index (Phi) is 5.77. The standard InChI is InChI=1S/C12H22O4/c1-4-15-9(2)12(13)16-11-7-5-6-10(8-11)14-3/h9-11H,4-8H2,1-3H3/t9-,10-,11-/m1/s1. The second kappa shape index (κ2) is 6.86. The first-order chi connectivity index (χ1) is 7.67. The SMILES string of the molecule is CCO[C@H](C)C(=O)O[C@@H]1CCC[C@@H](OC)C1. The van der Waals surface area contributed by atoms with Gasteiger partial charge in [0.2, 0.25) is 0 Å². The summed E-state index contributed by atoms with van der Waals surface area (Å²) in [5.74, 6) is -0.261. The first kappa shape index (κ1) is 13.5. The van der Waals surface area contributed by atoms with Crippen molar-refractivity contribution in [1.29, 1.82) is 0 Å². The minimum atomic E-state index is -0.465. The topological polar surface area (TPSA) is 44.8 Å². The molecule has 0 amide bonds. The van der Waals surface area contributed by atoms with Crippen LogP contribution in [0.25, 0.3) is 0 Å². The highest BCUT2D eigenvalue weighted by molar-refractivity contribution is 5.74. The number of hydrogen-bond donors (Lipinski definition) is 0. The van der Waals surface area contributed by atoms with Crippen molar-refractivity contribution in [2.24, 2.45) is 0 Å². The van der Waals surface area contributed by atoms with Gasteiger partial charge in [0, 0.05) is 20.1 Å². The van der Waals surface area contributed by atoms with Crippen molar-refractivity contribution >= 4 is 5.97 Å². The summed E-state index contributed by atoms with van der Waals surface area (Å²) >= 11 is 0. The maximum absolute atomic E-state index is 11.6. The van der Waals surface area contributed by atoms with E-state index in [2.05, 4.69) is 0 Å². The third-order valence-corrected chi connectivity index (χ3v) is 2.94. The molecule has 1 fully saturated rings. The second-order valence-electron chi connectivity index (χ2n) is 4.18. The Labute approximate surface area is 97.2 Å². The molecule has 94 valence electrons. The number of rotatable bonds is 5. The second-order valence-corrected chi connectivity index (χ2v) is 4.18. The molecule has 0 radical (unpaired) electrons. The fourth-order valence-electron chi connectivity index (χ4n) is 2.00. The van der Waals surface area contributed by atoms with E-state index in [9.17, 15) is 4.79 Å². The summed E-state index contributed by atoms with van der Waals surface area (Å²) in [6, 6.07) is 0. The van der Waals surface area contributed by atoms with E-state index in [-0.39, 0.29) is 18.2 Å². The highest BCUT2D eigenvalue weighted by atomic mass is 16.6. The average molecular weight is 230 g/mol. The lowest BCUT2D eigenvalue weighted by Gasteiger charge is -2.28. The van der Waals surface area contributed by atoms with Gasteiger partial charge in [0.05, 0.1) is 6.10 Å². The maximum Gasteiger partial charge on any atom is 0.335 e. The van der Waals surface area contributed by atoms with Gasteiger partial charge in [0.15, 0.2) is 6.10 Å².